The molecule has 2 fully saturated rings. The minimum atomic E-state index is -0.440. The van der Waals surface area contributed by atoms with E-state index in [0.29, 0.717) is 19.8 Å². The van der Waals surface area contributed by atoms with Crippen molar-refractivity contribution < 1.29 is 19.3 Å². The monoisotopic (exact) mass is 302 g/mol. The van der Waals surface area contributed by atoms with E-state index >= 15 is 0 Å². The lowest BCUT2D eigenvalue weighted by molar-refractivity contribution is -0.0630. The molecule has 2 rings (SSSR count). The predicted octanol–water partition coefficient (Wildman–Crippen LogP) is -0.195. The normalized spacial score (nSPS) is 29.1. The van der Waals surface area contributed by atoms with E-state index in [1.807, 2.05) is 0 Å². The number of aliphatic hydroxyl groups excluding tert-OH is 1. The number of likely N-dealkylation sites (N-methyl/N-ethyl adjacent to an activating group) is 1. The summed E-state index contributed by atoms with van der Waals surface area (Å²) < 4.78 is 16.8. The van der Waals surface area contributed by atoms with Gasteiger partial charge in [0.25, 0.3) is 0 Å². The standard InChI is InChI=1S/C15H30N2O4/c1-16(2)9-15-10-17(5-7-21-15)8-13(18)11-19-12-14-4-3-6-20-14/h13-15,18H,3-12H2,1-2H3/t13-,14-,15+/m0/s1. The van der Waals surface area contributed by atoms with E-state index < -0.39 is 6.10 Å². The van der Waals surface area contributed by atoms with Crippen molar-refractivity contribution in [1.29, 1.82) is 0 Å². The molecule has 2 aliphatic heterocycles. The van der Waals surface area contributed by atoms with Gasteiger partial charge in [0.2, 0.25) is 0 Å². The molecule has 124 valence electrons. The molecule has 0 unspecified atom stereocenters. The van der Waals surface area contributed by atoms with Crippen LogP contribution in [-0.2, 0) is 14.2 Å². The Hall–Kier alpha value is -0.240. The Bertz CT molecular complexity index is 285. The molecule has 0 aliphatic carbocycles. The van der Waals surface area contributed by atoms with Crippen molar-refractivity contribution in [3.05, 3.63) is 0 Å². The number of hydrogen-bond donors (Lipinski definition) is 1. The fraction of sp³-hybridized carbons (Fsp3) is 1.00. The molecule has 2 heterocycles. The first kappa shape index (κ1) is 17.1. The van der Waals surface area contributed by atoms with Crippen LogP contribution in [0.2, 0.25) is 0 Å². The topological polar surface area (TPSA) is 54.4 Å². The first-order valence-electron chi connectivity index (χ1n) is 7.99. The number of aliphatic hydroxyl groups is 1. The molecule has 0 radical (unpaired) electrons. The van der Waals surface area contributed by atoms with Gasteiger partial charge >= 0.3 is 0 Å². The summed E-state index contributed by atoms with van der Waals surface area (Å²) in [6, 6.07) is 0. The molecule has 0 aromatic rings. The Kier molecular flexibility index (Phi) is 7.36. The number of ether oxygens (including phenoxy) is 3. The molecular weight excluding hydrogens is 272 g/mol. The first-order valence-corrected chi connectivity index (χ1v) is 7.99. The Morgan fingerprint density at radius 2 is 2.10 bits per heavy atom. The highest BCUT2D eigenvalue weighted by Gasteiger charge is 2.23. The summed E-state index contributed by atoms with van der Waals surface area (Å²) in [4.78, 5) is 4.40. The van der Waals surface area contributed by atoms with Gasteiger partial charge in [-0.2, -0.15) is 0 Å². The number of rotatable bonds is 8. The average Bonchev–Trinajstić information content (AvgIpc) is 2.91. The van der Waals surface area contributed by atoms with Crippen LogP contribution in [0.3, 0.4) is 0 Å². The molecule has 6 heteroatoms. The minimum absolute atomic E-state index is 0.227. The maximum Gasteiger partial charge on any atom is 0.0900 e. The first-order chi connectivity index (χ1) is 10.1. The highest BCUT2D eigenvalue weighted by atomic mass is 16.5. The number of nitrogens with zero attached hydrogens (tertiary/aromatic N) is 2. The van der Waals surface area contributed by atoms with Crippen molar-refractivity contribution in [3.8, 4) is 0 Å². The fourth-order valence-corrected chi connectivity index (χ4v) is 2.93. The number of β-amino-alcohol motifs (C(OH)–C–C–N with tert-alkyl or cyclic N) is 1. The fourth-order valence-electron chi connectivity index (χ4n) is 2.93. The van der Waals surface area contributed by atoms with E-state index in [4.69, 9.17) is 14.2 Å². The average molecular weight is 302 g/mol. The molecule has 2 aliphatic rings. The zero-order valence-electron chi connectivity index (χ0n) is 13.4. The van der Waals surface area contributed by atoms with Crippen LogP contribution in [0.15, 0.2) is 0 Å². The Balaban J connectivity index is 1.58. The van der Waals surface area contributed by atoms with Gasteiger partial charge in [-0.1, -0.05) is 0 Å². The lowest BCUT2D eigenvalue weighted by atomic mass is 10.2. The third-order valence-corrected chi connectivity index (χ3v) is 3.90. The SMILES string of the molecule is CN(C)C[C@@H]1CN(C[C@H](O)COC[C@@H]2CCCO2)CCO1. The van der Waals surface area contributed by atoms with E-state index in [0.717, 1.165) is 45.7 Å². The van der Waals surface area contributed by atoms with Crippen molar-refractivity contribution >= 4 is 0 Å². The van der Waals surface area contributed by atoms with Crippen LogP contribution in [0.4, 0.5) is 0 Å². The van der Waals surface area contributed by atoms with E-state index in [9.17, 15) is 5.11 Å². The van der Waals surface area contributed by atoms with Crippen LogP contribution >= 0.6 is 0 Å². The summed E-state index contributed by atoms with van der Waals surface area (Å²) >= 11 is 0. The second kappa shape index (κ2) is 9.02. The molecule has 0 aromatic heterocycles. The Morgan fingerprint density at radius 1 is 1.29 bits per heavy atom. The van der Waals surface area contributed by atoms with Crippen LogP contribution in [0.5, 0.6) is 0 Å². The molecule has 0 spiro atoms. The zero-order chi connectivity index (χ0) is 15.1. The quantitative estimate of drug-likeness (QED) is 0.670. The second-order valence-electron chi connectivity index (χ2n) is 6.34. The highest BCUT2D eigenvalue weighted by Crippen LogP contribution is 2.12. The van der Waals surface area contributed by atoms with E-state index in [1.165, 1.54) is 0 Å². The summed E-state index contributed by atoms with van der Waals surface area (Å²) in [6.45, 7) is 5.90. The molecule has 0 saturated carbocycles. The summed E-state index contributed by atoms with van der Waals surface area (Å²) in [7, 11) is 4.10. The highest BCUT2D eigenvalue weighted by molar-refractivity contribution is 4.75. The van der Waals surface area contributed by atoms with Gasteiger partial charge in [-0.3, -0.25) is 4.90 Å². The van der Waals surface area contributed by atoms with Crippen LogP contribution < -0.4 is 0 Å². The molecule has 1 N–H and O–H groups in total. The lowest BCUT2D eigenvalue weighted by Gasteiger charge is -2.35. The van der Waals surface area contributed by atoms with Gasteiger partial charge in [-0.15, -0.1) is 0 Å². The third kappa shape index (κ3) is 6.59. The molecule has 0 amide bonds. The van der Waals surface area contributed by atoms with Crippen LogP contribution in [-0.4, -0.2) is 99.9 Å². The largest absolute Gasteiger partial charge is 0.389 e. The van der Waals surface area contributed by atoms with Gasteiger partial charge in [-0.05, 0) is 26.9 Å². The predicted molar refractivity (Wildman–Crippen MR) is 80.5 cm³/mol. The van der Waals surface area contributed by atoms with Gasteiger partial charge in [0.1, 0.15) is 0 Å². The molecule has 0 bridgehead atoms. The van der Waals surface area contributed by atoms with Crippen molar-refractivity contribution in [2.45, 2.75) is 31.2 Å². The van der Waals surface area contributed by atoms with Gasteiger partial charge in [0.15, 0.2) is 0 Å². The van der Waals surface area contributed by atoms with Gasteiger partial charge in [-0.25, -0.2) is 0 Å². The van der Waals surface area contributed by atoms with Crippen LogP contribution in [0.25, 0.3) is 0 Å². The van der Waals surface area contributed by atoms with Crippen LogP contribution in [0, 0.1) is 0 Å². The number of morpholine rings is 1. The molecule has 21 heavy (non-hydrogen) atoms. The summed E-state index contributed by atoms with van der Waals surface area (Å²) in [5.41, 5.74) is 0. The summed E-state index contributed by atoms with van der Waals surface area (Å²) in [6.07, 6.45) is 2.21. The maximum absolute atomic E-state index is 10.1. The minimum Gasteiger partial charge on any atom is -0.389 e. The molecule has 0 aromatic carbocycles. The smallest absolute Gasteiger partial charge is 0.0900 e. The Labute approximate surface area is 127 Å². The van der Waals surface area contributed by atoms with Crippen molar-refractivity contribution in [2.24, 2.45) is 0 Å². The van der Waals surface area contributed by atoms with Crippen molar-refractivity contribution in [3.63, 3.8) is 0 Å². The summed E-state index contributed by atoms with van der Waals surface area (Å²) in [5.74, 6) is 0. The molecule has 3 atom stereocenters. The van der Waals surface area contributed by atoms with Crippen molar-refractivity contribution in [1.82, 2.24) is 9.80 Å². The van der Waals surface area contributed by atoms with Gasteiger partial charge in [0, 0.05) is 32.8 Å². The van der Waals surface area contributed by atoms with Gasteiger partial charge in [0.05, 0.1) is 38.1 Å². The number of hydrogen-bond acceptors (Lipinski definition) is 6. The van der Waals surface area contributed by atoms with E-state index in [2.05, 4.69) is 23.9 Å². The molecule has 2 saturated heterocycles. The molecular formula is C15H30N2O4. The zero-order valence-corrected chi connectivity index (χ0v) is 13.4. The molecule has 6 nitrogen and oxygen atoms in total. The van der Waals surface area contributed by atoms with E-state index in [-0.39, 0.29) is 12.2 Å². The summed E-state index contributed by atoms with van der Waals surface area (Å²) in [5, 5.41) is 10.1. The Morgan fingerprint density at radius 3 is 2.81 bits per heavy atom. The van der Waals surface area contributed by atoms with Gasteiger partial charge < -0.3 is 24.2 Å². The third-order valence-electron chi connectivity index (χ3n) is 3.90. The maximum atomic E-state index is 10.1. The van der Waals surface area contributed by atoms with E-state index in [1.54, 1.807) is 0 Å². The second-order valence-corrected chi connectivity index (χ2v) is 6.34. The van der Waals surface area contributed by atoms with Crippen molar-refractivity contribution in [2.75, 3.05) is 66.7 Å². The van der Waals surface area contributed by atoms with Crippen LogP contribution in [0.1, 0.15) is 12.8 Å². The lowest BCUT2D eigenvalue weighted by Crippen LogP contribution is -2.49.